The Morgan fingerprint density at radius 2 is 2.10 bits per heavy atom. The zero-order valence-electron chi connectivity index (χ0n) is 16.0. The first-order valence-electron chi connectivity index (χ1n) is 9.28. The minimum Gasteiger partial charge on any atom is -0.434 e. The Bertz CT molecular complexity index is 851. The molecule has 29 heavy (non-hydrogen) atoms. The van der Waals surface area contributed by atoms with Crippen LogP contribution in [0.2, 0.25) is 0 Å². The molecule has 2 aromatic rings. The lowest BCUT2D eigenvalue weighted by Crippen LogP contribution is -2.45. The quantitative estimate of drug-likeness (QED) is 0.740. The van der Waals surface area contributed by atoms with Crippen LogP contribution >= 0.6 is 0 Å². The number of carbonyl (C=O) groups is 2. The average molecular weight is 404 g/mol. The molecule has 9 heteroatoms. The monoisotopic (exact) mass is 404 g/mol. The summed E-state index contributed by atoms with van der Waals surface area (Å²) in [6, 6.07) is 5.90. The van der Waals surface area contributed by atoms with E-state index in [0.717, 1.165) is 0 Å². The maximum atomic E-state index is 12.9. The lowest BCUT2D eigenvalue weighted by molar-refractivity contribution is -0.136. The zero-order valence-corrected chi connectivity index (χ0v) is 16.0. The molecule has 1 aromatic heterocycles. The van der Waals surface area contributed by atoms with Gasteiger partial charge in [0.25, 0.3) is 5.91 Å². The second-order valence-corrected chi connectivity index (χ2v) is 6.86. The molecule has 1 unspecified atom stereocenters. The van der Waals surface area contributed by atoms with E-state index in [-0.39, 0.29) is 29.7 Å². The molecule has 7 nitrogen and oxygen atoms in total. The number of likely N-dealkylation sites (tertiary alicyclic amines) is 1. The Morgan fingerprint density at radius 1 is 1.31 bits per heavy atom. The van der Waals surface area contributed by atoms with Crippen molar-refractivity contribution in [2.24, 2.45) is 5.92 Å². The number of halogens is 2. The van der Waals surface area contributed by atoms with Crippen molar-refractivity contribution in [1.82, 2.24) is 19.8 Å². The summed E-state index contributed by atoms with van der Waals surface area (Å²) in [4.78, 5) is 37.0. The molecule has 0 aliphatic carbocycles. The summed E-state index contributed by atoms with van der Waals surface area (Å²) < 4.78 is 29.7. The molecule has 1 aliphatic heterocycles. The Labute approximate surface area is 167 Å². The van der Waals surface area contributed by atoms with Crippen molar-refractivity contribution in [3.05, 3.63) is 54.1 Å². The molecule has 3 rings (SSSR count). The highest BCUT2D eigenvalue weighted by atomic mass is 19.3. The van der Waals surface area contributed by atoms with E-state index in [1.165, 1.54) is 23.1 Å². The van der Waals surface area contributed by atoms with Crippen LogP contribution in [0.4, 0.5) is 8.78 Å². The Balaban J connectivity index is 1.67. The molecule has 0 spiro atoms. The molecule has 1 aromatic carbocycles. The van der Waals surface area contributed by atoms with Crippen molar-refractivity contribution in [3.8, 4) is 5.75 Å². The van der Waals surface area contributed by atoms with E-state index in [9.17, 15) is 18.4 Å². The van der Waals surface area contributed by atoms with Gasteiger partial charge in [-0.15, -0.1) is 0 Å². The van der Waals surface area contributed by atoms with E-state index in [1.54, 1.807) is 36.6 Å². The Morgan fingerprint density at radius 3 is 2.83 bits per heavy atom. The average Bonchev–Trinajstić information content (AvgIpc) is 2.73. The minimum absolute atomic E-state index is 0.0637. The van der Waals surface area contributed by atoms with Gasteiger partial charge >= 0.3 is 6.61 Å². The smallest absolute Gasteiger partial charge is 0.387 e. The van der Waals surface area contributed by atoms with Crippen molar-refractivity contribution >= 4 is 11.8 Å². The van der Waals surface area contributed by atoms with Gasteiger partial charge < -0.3 is 14.5 Å². The van der Waals surface area contributed by atoms with Gasteiger partial charge in [0.2, 0.25) is 5.91 Å². The number of ether oxygens (including phenoxy) is 1. The highest BCUT2D eigenvalue weighted by molar-refractivity contribution is 5.97. The van der Waals surface area contributed by atoms with Gasteiger partial charge in [-0.05, 0) is 25.0 Å². The molecule has 2 heterocycles. The number of benzene rings is 1. The van der Waals surface area contributed by atoms with Gasteiger partial charge in [-0.2, -0.15) is 8.78 Å². The molecule has 0 saturated carbocycles. The summed E-state index contributed by atoms with van der Waals surface area (Å²) in [6.07, 6.45) is 6.03. The van der Waals surface area contributed by atoms with Crippen LogP contribution in [0.5, 0.6) is 5.75 Å². The molecular formula is C20H22F2N4O3. The third-order valence-corrected chi connectivity index (χ3v) is 4.78. The maximum Gasteiger partial charge on any atom is 0.387 e. The second kappa shape index (κ2) is 9.40. The van der Waals surface area contributed by atoms with Gasteiger partial charge in [-0.3, -0.25) is 19.6 Å². The first kappa shape index (κ1) is 20.6. The summed E-state index contributed by atoms with van der Waals surface area (Å²) in [7, 11) is 1.68. The van der Waals surface area contributed by atoms with Crippen LogP contribution in [0.15, 0.2) is 42.9 Å². The third kappa shape index (κ3) is 5.24. The van der Waals surface area contributed by atoms with Gasteiger partial charge in [0, 0.05) is 32.5 Å². The van der Waals surface area contributed by atoms with E-state index >= 15 is 0 Å². The second-order valence-electron chi connectivity index (χ2n) is 6.86. The summed E-state index contributed by atoms with van der Waals surface area (Å²) >= 11 is 0. The number of carbonyl (C=O) groups excluding carboxylic acids is 2. The van der Waals surface area contributed by atoms with Crippen LogP contribution < -0.4 is 4.74 Å². The molecule has 1 saturated heterocycles. The normalized spacial score (nSPS) is 16.6. The fraction of sp³-hybridized carbons (Fsp3) is 0.400. The highest BCUT2D eigenvalue weighted by Crippen LogP contribution is 2.25. The molecule has 1 fully saturated rings. The molecule has 1 atom stereocenters. The van der Waals surface area contributed by atoms with Gasteiger partial charge in [-0.1, -0.05) is 12.1 Å². The first-order chi connectivity index (χ1) is 14.0. The number of hydrogen-bond donors (Lipinski definition) is 0. The largest absolute Gasteiger partial charge is 0.434 e. The number of nitrogens with zero attached hydrogens (tertiary/aromatic N) is 4. The van der Waals surface area contributed by atoms with E-state index < -0.39 is 12.5 Å². The number of hydrogen-bond acceptors (Lipinski definition) is 5. The summed E-state index contributed by atoms with van der Waals surface area (Å²) in [6.45, 7) is -2.01. The molecular weight excluding hydrogens is 382 g/mol. The number of alkyl halides is 2. The van der Waals surface area contributed by atoms with Gasteiger partial charge in [-0.25, -0.2) is 0 Å². The van der Waals surface area contributed by atoms with Crippen LogP contribution in [-0.4, -0.2) is 58.3 Å². The third-order valence-electron chi connectivity index (χ3n) is 4.78. The highest BCUT2D eigenvalue weighted by Gasteiger charge is 2.31. The lowest BCUT2D eigenvalue weighted by atomic mass is 9.95. The van der Waals surface area contributed by atoms with E-state index in [0.29, 0.717) is 31.6 Å². The molecule has 1 aliphatic rings. The van der Waals surface area contributed by atoms with Crippen molar-refractivity contribution < 1.29 is 23.1 Å². The molecule has 154 valence electrons. The summed E-state index contributed by atoms with van der Waals surface area (Å²) in [5, 5.41) is 0. The standard InChI is InChI=1S/C20H22F2N4O3/c1-25(13-15-11-23-8-9-24-15)18(27)14-5-4-10-26(12-14)19(28)16-6-2-3-7-17(16)29-20(21)22/h2-3,6-9,11,14,20H,4-5,10,12-13H2,1H3. The molecule has 0 N–H and O–H groups in total. The number of aromatic nitrogens is 2. The fourth-order valence-electron chi connectivity index (χ4n) is 3.42. The van der Waals surface area contributed by atoms with Crippen LogP contribution in [0.1, 0.15) is 28.9 Å². The predicted octanol–water partition coefficient (Wildman–Crippen LogP) is 2.59. The SMILES string of the molecule is CN(Cc1cnccn1)C(=O)C1CCCN(C(=O)c2ccccc2OC(F)F)C1. The molecule has 2 amide bonds. The molecule has 0 radical (unpaired) electrons. The number of amides is 2. The minimum atomic E-state index is -3.02. The van der Waals surface area contributed by atoms with Gasteiger partial charge in [0.05, 0.1) is 29.9 Å². The fourth-order valence-corrected chi connectivity index (χ4v) is 3.42. The Hall–Kier alpha value is -3.10. The Kier molecular flexibility index (Phi) is 6.69. The van der Waals surface area contributed by atoms with Gasteiger partial charge in [0.15, 0.2) is 0 Å². The van der Waals surface area contributed by atoms with E-state index in [4.69, 9.17) is 0 Å². The summed E-state index contributed by atoms with van der Waals surface area (Å²) in [5.41, 5.74) is 0.735. The van der Waals surface area contributed by atoms with Gasteiger partial charge in [0.1, 0.15) is 5.75 Å². The number of piperidine rings is 1. The topological polar surface area (TPSA) is 75.6 Å². The maximum absolute atomic E-state index is 12.9. The van der Waals surface area contributed by atoms with Crippen LogP contribution in [0.25, 0.3) is 0 Å². The molecule has 0 bridgehead atoms. The van der Waals surface area contributed by atoms with E-state index in [2.05, 4.69) is 14.7 Å². The zero-order chi connectivity index (χ0) is 20.8. The first-order valence-corrected chi connectivity index (χ1v) is 9.28. The van der Waals surface area contributed by atoms with Crippen molar-refractivity contribution in [2.75, 3.05) is 20.1 Å². The van der Waals surface area contributed by atoms with Crippen molar-refractivity contribution in [2.45, 2.75) is 26.0 Å². The number of rotatable bonds is 6. The van der Waals surface area contributed by atoms with Crippen LogP contribution in [0, 0.1) is 5.92 Å². The van der Waals surface area contributed by atoms with E-state index in [1.807, 2.05) is 0 Å². The van der Waals surface area contributed by atoms with Crippen molar-refractivity contribution in [3.63, 3.8) is 0 Å². The van der Waals surface area contributed by atoms with Crippen molar-refractivity contribution in [1.29, 1.82) is 0 Å². The lowest BCUT2D eigenvalue weighted by Gasteiger charge is -2.34. The predicted molar refractivity (Wildman–Crippen MR) is 100 cm³/mol. The van der Waals surface area contributed by atoms with Crippen LogP contribution in [0.3, 0.4) is 0 Å². The summed E-state index contributed by atoms with van der Waals surface area (Å²) in [5.74, 6) is -1.04. The number of para-hydroxylation sites is 1. The van der Waals surface area contributed by atoms with Crippen LogP contribution in [-0.2, 0) is 11.3 Å².